The summed E-state index contributed by atoms with van der Waals surface area (Å²) in [7, 11) is 0. The maximum Gasteiger partial charge on any atom is 0.221 e. The largest absolute Gasteiger partial charge is 0.281 e. The number of aryl methyl sites for hydroxylation is 1. The summed E-state index contributed by atoms with van der Waals surface area (Å²) in [6, 6.07) is 3.80. The molecule has 0 unspecified atom stereocenters. The van der Waals surface area contributed by atoms with Crippen LogP contribution in [-0.4, -0.2) is 37.6 Å². The zero-order valence-corrected chi connectivity index (χ0v) is 10.5. The quantitative estimate of drug-likeness (QED) is 0.807. The van der Waals surface area contributed by atoms with Crippen molar-refractivity contribution < 1.29 is 0 Å². The van der Waals surface area contributed by atoms with Crippen molar-refractivity contribution in [1.82, 2.24) is 25.4 Å². The van der Waals surface area contributed by atoms with E-state index in [4.69, 9.17) is 0 Å². The number of hydrogen-bond acceptors (Lipinski definition) is 6. The first-order valence-corrected chi connectivity index (χ1v) is 6.05. The summed E-state index contributed by atoms with van der Waals surface area (Å²) in [6.45, 7) is 2.74. The van der Waals surface area contributed by atoms with Gasteiger partial charge >= 0.3 is 0 Å². The third kappa shape index (κ3) is 2.52. The van der Waals surface area contributed by atoms with Gasteiger partial charge in [-0.05, 0) is 31.1 Å². The van der Waals surface area contributed by atoms with Crippen molar-refractivity contribution in [3.05, 3.63) is 41.9 Å². The van der Waals surface area contributed by atoms with E-state index in [1.807, 2.05) is 31.2 Å². The molecule has 3 rings (SSSR count). The summed E-state index contributed by atoms with van der Waals surface area (Å²) in [4.78, 5) is 8.56. The topological polar surface area (TPSA) is 76.8 Å². The third-order valence-corrected chi connectivity index (χ3v) is 2.70. The van der Waals surface area contributed by atoms with Gasteiger partial charge in [-0.25, -0.2) is 0 Å². The number of allylic oxidation sites excluding steroid dienone is 1. The van der Waals surface area contributed by atoms with Gasteiger partial charge in [0.25, 0.3) is 0 Å². The third-order valence-electron chi connectivity index (χ3n) is 2.70. The first kappa shape index (κ1) is 11.6. The molecule has 2 aromatic heterocycles. The fourth-order valence-corrected chi connectivity index (χ4v) is 1.69. The summed E-state index contributed by atoms with van der Waals surface area (Å²) < 4.78 is 0. The first-order valence-electron chi connectivity index (χ1n) is 6.05. The summed E-state index contributed by atoms with van der Waals surface area (Å²) in [5, 5.41) is 16.2. The molecule has 2 aromatic rings. The molecule has 6 heteroatoms. The summed E-state index contributed by atoms with van der Waals surface area (Å²) in [5.74, 6) is 0.871. The van der Waals surface area contributed by atoms with Gasteiger partial charge in [0, 0.05) is 12.7 Å². The molecule has 0 amide bonds. The van der Waals surface area contributed by atoms with Gasteiger partial charge in [-0.15, -0.1) is 20.4 Å². The molecule has 19 heavy (non-hydrogen) atoms. The Morgan fingerprint density at radius 1 is 1.00 bits per heavy atom. The highest BCUT2D eigenvalue weighted by Gasteiger charge is 2.10. The Morgan fingerprint density at radius 2 is 1.79 bits per heavy atom. The Morgan fingerprint density at radius 3 is 2.42 bits per heavy atom. The van der Waals surface area contributed by atoms with Crippen LogP contribution < -0.4 is 0 Å². The highest BCUT2D eigenvalue weighted by atomic mass is 15.3. The molecule has 0 radical (unpaired) electrons. The molecule has 0 N–H and O–H groups in total. The molecule has 3 heterocycles. The number of hydrogen-bond donors (Lipinski definition) is 0. The van der Waals surface area contributed by atoms with Crippen molar-refractivity contribution >= 4 is 5.71 Å². The minimum atomic E-state index is 0.420. The maximum absolute atomic E-state index is 4.32. The fourth-order valence-electron chi connectivity index (χ4n) is 1.69. The van der Waals surface area contributed by atoms with Crippen molar-refractivity contribution in [3.8, 4) is 11.5 Å². The van der Waals surface area contributed by atoms with E-state index in [0.717, 1.165) is 24.2 Å². The van der Waals surface area contributed by atoms with E-state index in [0.29, 0.717) is 17.3 Å². The highest BCUT2D eigenvalue weighted by Crippen LogP contribution is 2.10. The molecule has 94 valence electrons. The molecule has 0 fully saturated rings. The van der Waals surface area contributed by atoms with Crippen molar-refractivity contribution in [2.45, 2.75) is 13.3 Å². The molecule has 0 saturated heterocycles. The Balaban J connectivity index is 1.88. The van der Waals surface area contributed by atoms with Crippen molar-refractivity contribution in [3.63, 3.8) is 0 Å². The van der Waals surface area contributed by atoms with E-state index in [-0.39, 0.29) is 0 Å². The van der Waals surface area contributed by atoms with Crippen LogP contribution in [0.15, 0.2) is 35.5 Å². The molecule has 0 atom stereocenters. The molecule has 0 spiro atoms. The van der Waals surface area contributed by atoms with Gasteiger partial charge in [-0.2, -0.15) is 0 Å². The average Bonchev–Trinajstić information content (AvgIpc) is 2.49. The minimum absolute atomic E-state index is 0.420. The number of nitrogens with zero attached hydrogens (tertiary/aromatic N) is 6. The lowest BCUT2D eigenvalue weighted by Crippen LogP contribution is -2.11. The zero-order valence-electron chi connectivity index (χ0n) is 10.5. The zero-order chi connectivity index (χ0) is 13.1. The van der Waals surface area contributed by atoms with Gasteiger partial charge in [-0.3, -0.25) is 9.98 Å². The van der Waals surface area contributed by atoms with Crippen LogP contribution in [0, 0.1) is 6.92 Å². The monoisotopic (exact) mass is 252 g/mol. The van der Waals surface area contributed by atoms with Gasteiger partial charge in [0.05, 0.1) is 0 Å². The van der Waals surface area contributed by atoms with E-state index < -0.39 is 0 Å². The molecule has 1 aliphatic heterocycles. The number of pyridine rings is 1. The second-order valence-electron chi connectivity index (χ2n) is 4.23. The fraction of sp³-hybridized carbons (Fsp3) is 0.231. The van der Waals surface area contributed by atoms with Gasteiger partial charge < -0.3 is 0 Å². The second-order valence-corrected chi connectivity index (χ2v) is 4.23. The molecule has 6 nitrogen and oxygen atoms in total. The standard InChI is InChI=1S/C13H12N6/c1-9-5-6-11(15-8-9)13-18-16-12(17-19-13)10-4-2-3-7-14-10/h2,4-6,8H,3,7H2,1H3. The maximum atomic E-state index is 4.32. The smallest absolute Gasteiger partial charge is 0.221 e. The second kappa shape index (κ2) is 5.01. The van der Waals surface area contributed by atoms with Gasteiger partial charge in [0.1, 0.15) is 11.4 Å². The van der Waals surface area contributed by atoms with E-state index in [2.05, 4.69) is 30.4 Å². The predicted octanol–water partition coefficient (Wildman–Crippen LogP) is 1.39. The lowest BCUT2D eigenvalue weighted by Gasteiger charge is -2.03. The number of aliphatic imine (C=N–C) groups is 1. The molecule has 1 aliphatic rings. The van der Waals surface area contributed by atoms with Crippen LogP contribution in [0.25, 0.3) is 11.5 Å². The van der Waals surface area contributed by atoms with Crippen LogP contribution in [0.3, 0.4) is 0 Å². The molecule has 0 saturated carbocycles. The molecule has 0 bridgehead atoms. The van der Waals surface area contributed by atoms with Crippen LogP contribution in [0.5, 0.6) is 0 Å². The summed E-state index contributed by atoms with van der Waals surface area (Å²) in [6.07, 6.45) is 6.66. The summed E-state index contributed by atoms with van der Waals surface area (Å²) in [5.41, 5.74) is 2.48. The van der Waals surface area contributed by atoms with Gasteiger partial charge in [0.2, 0.25) is 11.6 Å². The first-order chi connectivity index (χ1) is 9.33. The van der Waals surface area contributed by atoms with Gasteiger partial charge in [0.15, 0.2) is 0 Å². The molecular formula is C13H12N6. The van der Waals surface area contributed by atoms with Crippen molar-refractivity contribution in [1.29, 1.82) is 0 Å². The van der Waals surface area contributed by atoms with E-state index >= 15 is 0 Å². The molecule has 0 aliphatic carbocycles. The van der Waals surface area contributed by atoms with Crippen molar-refractivity contribution in [2.75, 3.05) is 6.54 Å². The van der Waals surface area contributed by atoms with Crippen LogP contribution in [0.1, 0.15) is 17.8 Å². The normalized spacial score (nSPS) is 14.3. The Bertz CT molecular complexity index is 627. The van der Waals surface area contributed by atoms with E-state index in [9.17, 15) is 0 Å². The number of aromatic nitrogens is 5. The highest BCUT2D eigenvalue weighted by molar-refractivity contribution is 6.06. The minimum Gasteiger partial charge on any atom is -0.281 e. The Labute approximate surface area is 110 Å². The predicted molar refractivity (Wildman–Crippen MR) is 70.8 cm³/mol. The van der Waals surface area contributed by atoms with Gasteiger partial charge in [-0.1, -0.05) is 12.1 Å². The SMILES string of the molecule is Cc1ccc(-c2nnc(C3=NCCC=C3)nn2)nc1. The average molecular weight is 252 g/mol. The van der Waals surface area contributed by atoms with Crippen LogP contribution in [-0.2, 0) is 0 Å². The lowest BCUT2D eigenvalue weighted by molar-refractivity contribution is 0.841. The van der Waals surface area contributed by atoms with E-state index in [1.54, 1.807) is 6.20 Å². The lowest BCUT2D eigenvalue weighted by atomic mass is 10.2. The molecule has 0 aromatic carbocycles. The Hall–Kier alpha value is -2.50. The van der Waals surface area contributed by atoms with Crippen LogP contribution >= 0.6 is 0 Å². The van der Waals surface area contributed by atoms with Crippen molar-refractivity contribution in [2.24, 2.45) is 4.99 Å². The number of dihydropyridines is 1. The van der Waals surface area contributed by atoms with E-state index in [1.165, 1.54) is 0 Å². The summed E-state index contributed by atoms with van der Waals surface area (Å²) >= 11 is 0. The molecular weight excluding hydrogens is 240 g/mol. The van der Waals surface area contributed by atoms with Crippen LogP contribution in [0.2, 0.25) is 0 Å². The van der Waals surface area contributed by atoms with Crippen LogP contribution in [0.4, 0.5) is 0 Å². The Kier molecular flexibility index (Phi) is 3.06. The number of rotatable bonds is 2.